The van der Waals surface area contributed by atoms with E-state index in [2.05, 4.69) is 10.4 Å². The smallest absolute Gasteiger partial charge is 0.244 e. The van der Waals surface area contributed by atoms with Crippen LogP contribution in [0.4, 0.5) is 0 Å². The van der Waals surface area contributed by atoms with E-state index in [1.165, 1.54) is 0 Å². The Morgan fingerprint density at radius 2 is 2.10 bits per heavy atom. The van der Waals surface area contributed by atoms with Crippen molar-refractivity contribution < 1.29 is 4.79 Å². The third kappa shape index (κ3) is 4.09. The Labute approximate surface area is 119 Å². The number of aryl methyl sites for hydroxylation is 2. The van der Waals surface area contributed by atoms with Crippen LogP contribution in [-0.2, 0) is 18.3 Å². The van der Waals surface area contributed by atoms with Crippen LogP contribution in [-0.4, -0.2) is 22.2 Å². The van der Waals surface area contributed by atoms with E-state index in [9.17, 15) is 4.79 Å². The van der Waals surface area contributed by atoms with Gasteiger partial charge in [0.2, 0.25) is 5.91 Å². The number of hydrogen-bond acceptors (Lipinski definition) is 2. The van der Waals surface area contributed by atoms with Crippen molar-refractivity contribution in [3.05, 3.63) is 59.4 Å². The molecule has 0 spiro atoms. The second kappa shape index (κ2) is 6.70. The van der Waals surface area contributed by atoms with Crippen molar-refractivity contribution in [2.75, 3.05) is 6.54 Å². The van der Waals surface area contributed by atoms with Crippen LogP contribution in [0.2, 0.25) is 0 Å². The molecule has 1 aromatic heterocycles. The molecule has 4 nitrogen and oxygen atoms in total. The molecule has 1 N–H and O–H groups in total. The Morgan fingerprint density at radius 1 is 1.35 bits per heavy atom. The van der Waals surface area contributed by atoms with Crippen molar-refractivity contribution in [2.24, 2.45) is 7.05 Å². The summed E-state index contributed by atoms with van der Waals surface area (Å²) in [6.45, 7) is 2.60. The molecular formula is C16H19N3O. The first-order valence-corrected chi connectivity index (χ1v) is 6.65. The van der Waals surface area contributed by atoms with Gasteiger partial charge in [0.1, 0.15) is 0 Å². The molecule has 0 unspecified atom stereocenters. The van der Waals surface area contributed by atoms with Gasteiger partial charge in [0.05, 0.1) is 5.69 Å². The molecule has 0 saturated carbocycles. The quantitative estimate of drug-likeness (QED) is 0.845. The summed E-state index contributed by atoms with van der Waals surface area (Å²) in [4.78, 5) is 11.7. The fourth-order valence-electron chi connectivity index (χ4n) is 1.87. The molecule has 0 aliphatic carbocycles. The van der Waals surface area contributed by atoms with Crippen LogP contribution < -0.4 is 5.32 Å². The first-order chi connectivity index (χ1) is 9.65. The number of hydrogen-bond donors (Lipinski definition) is 1. The average molecular weight is 269 g/mol. The summed E-state index contributed by atoms with van der Waals surface area (Å²) < 4.78 is 1.84. The maximum Gasteiger partial charge on any atom is 0.244 e. The van der Waals surface area contributed by atoms with E-state index in [-0.39, 0.29) is 5.91 Å². The first kappa shape index (κ1) is 14.1. The van der Waals surface area contributed by atoms with Crippen LogP contribution in [0.5, 0.6) is 0 Å². The van der Waals surface area contributed by atoms with E-state index in [0.717, 1.165) is 23.4 Å². The Balaban J connectivity index is 1.77. The summed E-state index contributed by atoms with van der Waals surface area (Å²) in [5, 5.41) is 7.20. The van der Waals surface area contributed by atoms with E-state index < -0.39 is 0 Å². The van der Waals surface area contributed by atoms with Crippen molar-refractivity contribution in [2.45, 2.75) is 13.3 Å². The molecular weight excluding hydrogens is 250 g/mol. The molecule has 0 fully saturated rings. The van der Waals surface area contributed by atoms with Gasteiger partial charge in [-0.05, 0) is 24.6 Å². The fraction of sp³-hybridized carbons (Fsp3) is 0.250. The van der Waals surface area contributed by atoms with Gasteiger partial charge in [-0.3, -0.25) is 9.48 Å². The summed E-state index contributed by atoms with van der Waals surface area (Å²) in [6.07, 6.45) is 4.10. The number of carbonyl (C=O) groups is 1. The summed E-state index contributed by atoms with van der Waals surface area (Å²) in [5.41, 5.74) is 3.13. The van der Waals surface area contributed by atoms with Crippen molar-refractivity contribution >= 4 is 12.0 Å². The highest BCUT2D eigenvalue weighted by molar-refractivity contribution is 5.91. The van der Waals surface area contributed by atoms with Crippen LogP contribution in [0.1, 0.15) is 17.0 Å². The molecule has 0 radical (unpaired) electrons. The molecule has 0 aliphatic heterocycles. The number of carbonyl (C=O) groups excluding carboxylic acids is 1. The lowest BCUT2D eigenvalue weighted by molar-refractivity contribution is -0.116. The molecule has 0 bridgehead atoms. The summed E-state index contributed by atoms with van der Waals surface area (Å²) in [5.74, 6) is -0.0819. The maximum atomic E-state index is 11.7. The standard InChI is InChI=1S/C16H19N3O/c1-13-12-15(18-19(13)2)10-11-17-16(20)9-8-14-6-4-3-5-7-14/h3-9,12H,10-11H2,1-2H3,(H,17,20). The number of aromatic nitrogens is 2. The predicted molar refractivity (Wildman–Crippen MR) is 80.1 cm³/mol. The predicted octanol–water partition coefficient (Wildman–Crippen LogP) is 2.10. The Hall–Kier alpha value is -2.36. The number of nitrogens with one attached hydrogen (secondary N) is 1. The van der Waals surface area contributed by atoms with Crippen LogP contribution in [0.25, 0.3) is 6.08 Å². The first-order valence-electron chi connectivity index (χ1n) is 6.65. The third-order valence-electron chi connectivity index (χ3n) is 3.07. The van der Waals surface area contributed by atoms with Crippen LogP contribution in [0, 0.1) is 6.92 Å². The van der Waals surface area contributed by atoms with Crippen LogP contribution in [0.3, 0.4) is 0 Å². The summed E-state index contributed by atoms with van der Waals surface area (Å²) >= 11 is 0. The Kier molecular flexibility index (Phi) is 4.71. The lowest BCUT2D eigenvalue weighted by Gasteiger charge is -1.99. The van der Waals surface area contributed by atoms with Gasteiger partial charge in [0.25, 0.3) is 0 Å². The topological polar surface area (TPSA) is 46.9 Å². The molecule has 0 aliphatic rings. The molecule has 104 valence electrons. The minimum absolute atomic E-state index is 0.0819. The van der Waals surface area contributed by atoms with E-state index in [4.69, 9.17) is 0 Å². The van der Waals surface area contributed by atoms with E-state index in [1.807, 2.05) is 55.1 Å². The highest BCUT2D eigenvalue weighted by Crippen LogP contribution is 2.02. The molecule has 2 rings (SSSR count). The molecule has 0 atom stereocenters. The number of rotatable bonds is 5. The van der Waals surface area contributed by atoms with Crippen LogP contribution in [0.15, 0.2) is 42.5 Å². The van der Waals surface area contributed by atoms with Gasteiger partial charge in [-0.2, -0.15) is 5.10 Å². The molecule has 4 heteroatoms. The largest absolute Gasteiger partial charge is 0.352 e. The summed E-state index contributed by atoms with van der Waals surface area (Å²) in [7, 11) is 1.92. The third-order valence-corrected chi connectivity index (χ3v) is 3.07. The lowest BCUT2D eigenvalue weighted by Crippen LogP contribution is -2.23. The van der Waals surface area contributed by atoms with Gasteiger partial charge in [-0.25, -0.2) is 0 Å². The van der Waals surface area contributed by atoms with Gasteiger partial charge in [-0.1, -0.05) is 30.3 Å². The SMILES string of the molecule is Cc1cc(CCNC(=O)C=Cc2ccccc2)nn1C. The minimum atomic E-state index is -0.0819. The highest BCUT2D eigenvalue weighted by Gasteiger charge is 2.01. The zero-order valence-electron chi connectivity index (χ0n) is 11.8. The maximum absolute atomic E-state index is 11.7. The van der Waals surface area contributed by atoms with E-state index in [0.29, 0.717) is 6.54 Å². The number of benzene rings is 1. The molecule has 1 amide bonds. The molecule has 1 heterocycles. The zero-order valence-corrected chi connectivity index (χ0v) is 11.8. The monoisotopic (exact) mass is 269 g/mol. The minimum Gasteiger partial charge on any atom is -0.352 e. The van der Waals surface area contributed by atoms with Gasteiger partial charge in [-0.15, -0.1) is 0 Å². The normalized spacial score (nSPS) is 10.9. The second-order valence-corrected chi connectivity index (χ2v) is 4.69. The summed E-state index contributed by atoms with van der Waals surface area (Å²) in [6, 6.07) is 11.8. The van der Waals surface area contributed by atoms with Gasteiger partial charge >= 0.3 is 0 Å². The van der Waals surface area contributed by atoms with E-state index >= 15 is 0 Å². The molecule has 20 heavy (non-hydrogen) atoms. The van der Waals surface area contributed by atoms with Crippen molar-refractivity contribution in [1.82, 2.24) is 15.1 Å². The van der Waals surface area contributed by atoms with Crippen molar-refractivity contribution in [1.29, 1.82) is 0 Å². The molecule has 0 saturated heterocycles. The van der Waals surface area contributed by atoms with Gasteiger partial charge in [0, 0.05) is 31.8 Å². The molecule has 1 aromatic carbocycles. The number of nitrogens with zero attached hydrogens (tertiary/aromatic N) is 2. The van der Waals surface area contributed by atoms with Crippen molar-refractivity contribution in [3.8, 4) is 0 Å². The lowest BCUT2D eigenvalue weighted by atomic mass is 10.2. The fourth-order valence-corrected chi connectivity index (χ4v) is 1.87. The van der Waals surface area contributed by atoms with E-state index in [1.54, 1.807) is 12.2 Å². The second-order valence-electron chi connectivity index (χ2n) is 4.69. The number of amides is 1. The zero-order chi connectivity index (χ0) is 14.4. The van der Waals surface area contributed by atoms with Gasteiger partial charge in [0.15, 0.2) is 0 Å². The average Bonchev–Trinajstić information content (AvgIpc) is 2.76. The van der Waals surface area contributed by atoms with Crippen LogP contribution >= 0.6 is 0 Å². The van der Waals surface area contributed by atoms with Gasteiger partial charge < -0.3 is 5.32 Å². The Morgan fingerprint density at radius 3 is 2.75 bits per heavy atom. The Bertz CT molecular complexity index is 580. The van der Waals surface area contributed by atoms with Crippen molar-refractivity contribution in [3.63, 3.8) is 0 Å². The molecule has 2 aromatic rings. The highest BCUT2D eigenvalue weighted by atomic mass is 16.1.